The molecule has 2 aromatic heterocycles. The summed E-state index contributed by atoms with van der Waals surface area (Å²) < 4.78 is 12.9. The average Bonchev–Trinajstić information content (AvgIpc) is 3.14. The first-order chi connectivity index (χ1) is 12.8. The lowest BCUT2D eigenvalue weighted by molar-refractivity contribution is 0.628. The van der Waals surface area contributed by atoms with Crippen LogP contribution in [0.2, 0.25) is 0 Å². The number of hydrogen-bond donors (Lipinski definition) is 1. The van der Waals surface area contributed by atoms with Gasteiger partial charge in [-0.1, -0.05) is 54.2 Å². The average molecular weight is 362 g/mol. The van der Waals surface area contributed by atoms with Crippen molar-refractivity contribution in [1.29, 1.82) is 0 Å². The summed E-state index contributed by atoms with van der Waals surface area (Å²) in [6, 6.07) is 16.5. The maximum absolute atomic E-state index is 12.9. The zero-order valence-corrected chi connectivity index (χ0v) is 14.6. The topological polar surface area (TPSA) is 54.5 Å². The summed E-state index contributed by atoms with van der Waals surface area (Å²) in [4.78, 5) is 8.92. The summed E-state index contributed by atoms with van der Waals surface area (Å²) in [6.45, 7) is 0. The number of fused-ring (bicyclic) bond motifs is 1. The Kier molecular flexibility index (Phi) is 4.75. The highest BCUT2D eigenvalue weighted by atomic mass is 32.2. The van der Waals surface area contributed by atoms with Gasteiger partial charge in [0.05, 0.1) is 5.52 Å². The predicted octanol–water partition coefficient (Wildman–Crippen LogP) is 4.95. The molecule has 26 heavy (non-hydrogen) atoms. The molecule has 0 aliphatic carbocycles. The molecule has 0 aliphatic heterocycles. The Hall–Kier alpha value is -2.99. The van der Waals surface area contributed by atoms with E-state index in [0.29, 0.717) is 11.0 Å². The van der Waals surface area contributed by atoms with Gasteiger partial charge in [0.2, 0.25) is 5.16 Å². The monoisotopic (exact) mass is 362 g/mol. The van der Waals surface area contributed by atoms with Crippen molar-refractivity contribution in [3.8, 4) is 0 Å². The van der Waals surface area contributed by atoms with E-state index in [2.05, 4.69) is 38.4 Å². The number of aromatic nitrogens is 4. The Bertz CT molecular complexity index is 1050. The smallest absolute Gasteiger partial charge is 0.209 e. The van der Waals surface area contributed by atoms with E-state index in [9.17, 15) is 4.39 Å². The Morgan fingerprint density at radius 3 is 2.73 bits per heavy atom. The number of nitrogens with one attached hydrogen (secondary N) is 1. The summed E-state index contributed by atoms with van der Waals surface area (Å²) >= 11 is 1.56. The normalized spacial score (nSPS) is 11.4. The van der Waals surface area contributed by atoms with Crippen LogP contribution in [-0.2, 0) is 5.75 Å². The Balaban J connectivity index is 1.44. The quantitative estimate of drug-likeness (QED) is 0.510. The van der Waals surface area contributed by atoms with Crippen molar-refractivity contribution in [3.05, 3.63) is 83.6 Å². The molecule has 1 N–H and O–H groups in total. The maximum atomic E-state index is 12.9. The van der Waals surface area contributed by atoms with Crippen LogP contribution in [0, 0.1) is 5.82 Å². The van der Waals surface area contributed by atoms with Crippen LogP contribution >= 0.6 is 11.8 Å². The molecule has 4 rings (SSSR count). The van der Waals surface area contributed by atoms with Crippen molar-refractivity contribution in [3.63, 3.8) is 0 Å². The maximum Gasteiger partial charge on any atom is 0.209 e. The summed E-state index contributed by atoms with van der Waals surface area (Å²) in [7, 11) is 0. The molecule has 128 valence electrons. The van der Waals surface area contributed by atoms with Crippen molar-refractivity contribution in [1.82, 2.24) is 20.2 Å². The van der Waals surface area contributed by atoms with Crippen LogP contribution < -0.4 is 0 Å². The first-order valence-corrected chi connectivity index (χ1v) is 9.08. The van der Waals surface area contributed by atoms with Crippen LogP contribution in [0.15, 0.2) is 66.0 Å². The van der Waals surface area contributed by atoms with Gasteiger partial charge in [-0.05, 0) is 35.4 Å². The minimum atomic E-state index is -0.247. The van der Waals surface area contributed by atoms with Crippen molar-refractivity contribution >= 4 is 34.8 Å². The number of thioether (sulfide) groups is 1. The van der Waals surface area contributed by atoms with E-state index in [-0.39, 0.29) is 5.82 Å². The van der Waals surface area contributed by atoms with Gasteiger partial charge in [0.15, 0.2) is 0 Å². The van der Waals surface area contributed by atoms with Crippen LogP contribution in [0.4, 0.5) is 4.39 Å². The second kappa shape index (κ2) is 7.49. The predicted molar refractivity (Wildman–Crippen MR) is 103 cm³/mol. The van der Waals surface area contributed by atoms with Crippen LogP contribution in [-0.4, -0.2) is 20.2 Å². The van der Waals surface area contributed by atoms with E-state index >= 15 is 0 Å². The van der Waals surface area contributed by atoms with Crippen molar-refractivity contribution in [2.75, 3.05) is 0 Å². The molecule has 4 nitrogen and oxygen atoms in total. The second-order valence-electron chi connectivity index (χ2n) is 5.67. The molecule has 0 aliphatic rings. The fourth-order valence-electron chi connectivity index (χ4n) is 2.57. The van der Waals surface area contributed by atoms with E-state index < -0.39 is 0 Å². The molecule has 6 heteroatoms. The van der Waals surface area contributed by atoms with Crippen molar-refractivity contribution < 1.29 is 4.39 Å². The lowest BCUT2D eigenvalue weighted by Crippen LogP contribution is -1.87. The molecule has 0 spiro atoms. The highest BCUT2D eigenvalue weighted by Gasteiger charge is 2.06. The highest BCUT2D eigenvalue weighted by Crippen LogP contribution is 2.24. The Labute approximate surface area is 154 Å². The van der Waals surface area contributed by atoms with Crippen LogP contribution in [0.25, 0.3) is 23.1 Å². The lowest BCUT2D eigenvalue weighted by Gasteiger charge is -2.03. The van der Waals surface area contributed by atoms with E-state index in [1.54, 1.807) is 23.9 Å². The molecule has 2 aromatic carbocycles. The third kappa shape index (κ3) is 3.81. The molecule has 2 heterocycles. The molecule has 0 fully saturated rings. The molecular weight excluding hydrogens is 347 g/mol. The molecular formula is C20H15FN4S. The van der Waals surface area contributed by atoms with Gasteiger partial charge in [0, 0.05) is 17.3 Å². The fraction of sp³-hybridized carbons (Fsp3) is 0.0500. The number of nitrogens with zero attached hydrogens (tertiary/aromatic N) is 3. The highest BCUT2D eigenvalue weighted by molar-refractivity contribution is 7.98. The van der Waals surface area contributed by atoms with Gasteiger partial charge in [-0.2, -0.15) is 0 Å². The second-order valence-corrected chi connectivity index (χ2v) is 6.61. The molecule has 0 amide bonds. The first kappa shape index (κ1) is 16.5. The molecule has 0 unspecified atom stereocenters. The summed E-state index contributed by atoms with van der Waals surface area (Å²) in [5.41, 5.74) is 3.06. The number of rotatable bonds is 5. The molecule has 0 saturated heterocycles. The van der Waals surface area contributed by atoms with Gasteiger partial charge in [0.25, 0.3) is 0 Å². The lowest BCUT2D eigenvalue weighted by atomic mass is 10.1. The van der Waals surface area contributed by atoms with Gasteiger partial charge in [-0.15, -0.1) is 5.10 Å². The number of H-pyrrole nitrogens is 1. The zero-order valence-electron chi connectivity index (χ0n) is 13.8. The van der Waals surface area contributed by atoms with E-state index in [1.165, 1.54) is 12.1 Å². The number of aromatic amines is 1. The number of pyridine rings is 1. The summed E-state index contributed by atoms with van der Waals surface area (Å²) in [5, 5.41) is 8.94. The zero-order chi connectivity index (χ0) is 17.8. The Morgan fingerprint density at radius 1 is 1.00 bits per heavy atom. The molecule has 4 aromatic rings. The third-order valence-corrected chi connectivity index (χ3v) is 4.76. The first-order valence-electron chi connectivity index (χ1n) is 8.09. The Morgan fingerprint density at radius 2 is 1.85 bits per heavy atom. The minimum Gasteiger partial charge on any atom is -0.259 e. The number of hydrogen-bond acceptors (Lipinski definition) is 4. The van der Waals surface area contributed by atoms with E-state index in [1.807, 2.05) is 30.5 Å². The summed E-state index contributed by atoms with van der Waals surface area (Å²) in [5.74, 6) is 1.16. The van der Waals surface area contributed by atoms with Crippen molar-refractivity contribution in [2.45, 2.75) is 10.9 Å². The van der Waals surface area contributed by atoms with E-state index in [0.717, 1.165) is 27.8 Å². The summed E-state index contributed by atoms with van der Waals surface area (Å²) in [6.07, 6.45) is 5.49. The number of benzene rings is 2. The number of halogens is 1. The van der Waals surface area contributed by atoms with E-state index in [4.69, 9.17) is 0 Å². The van der Waals surface area contributed by atoms with Crippen LogP contribution in [0.5, 0.6) is 0 Å². The van der Waals surface area contributed by atoms with Crippen LogP contribution in [0.1, 0.15) is 17.0 Å². The fourth-order valence-corrected chi connectivity index (χ4v) is 3.36. The standard InChI is InChI=1S/C20H15FN4S/c21-17-9-6-14(7-10-17)8-11-18-23-20(25-24-18)26-13-16-4-1-3-15-5-2-12-22-19(15)16/h1-12H,13H2,(H,23,24,25). The van der Waals surface area contributed by atoms with Gasteiger partial charge >= 0.3 is 0 Å². The SMILES string of the molecule is Fc1ccc(C=Cc2nc(SCc3cccc4cccnc34)n[nH]2)cc1. The van der Waals surface area contributed by atoms with Crippen molar-refractivity contribution in [2.24, 2.45) is 0 Å². The largest absolute Gasteiger partial charge is 0.259 e. The molecule has 0 bridgehead atoms. The van der Waals surface area contributed by atoms with Gasteiger partial charge in [0.1, 0.15) is 11.6 Å². The molecule has 0 atom stereocenters. The van der Waals surface area contributed by atoms with Gasteiger partial charge in [-0.3, -0.25) is 10.1 Å². The van der Waals surface area contributed by atoms with Gasteiger partial charge < -0.3 is 0 Å². The number of para-hydroxylation sites is 1. The minimum absolute atomic E-state index is 0.247. The third-order valence-electron chi connectivity index (χ3n) is 3.86. The van der Waals surface area contributed by atoms with Crippen LogP contribution in [0.3, 0.4) is 0 Å². The van der Waals surface area contributed by atoms with Gasteiger partial charge in [-0.25, -0.2) is 9.37 Å². The molecule has 0 saturated carbocycles. The molecule has 0 radical (unpaired) electrons.